The number of benzene rings is 1. The van der Waals surface area contributed by atoms with Crippen LogP contribution in [-0.2, 0) is 16.0 Å². The Hall–Kier alpha value is -1.55. The van der Waals surface area contributed by atoms with Gasteiger partial charge in [0.05, 0.1) is 6.04 Å². The molecule has 0 bridgehead atoms. The van der Waals surface area contributed by atoms with Crippen molar-refractivity contribution in [3.05, 3.63) is 35.4 Å². The minimum Gasteiger partial charge on any atom is -0.368 e. The van der Waals surface area contributed by atoms with E-state index in [1.165, 1.54) is 11.1 Å². The van der Waals surface area contributed by atoms with Gasteiger partial charge in [-0.05, 0) is 30.4 Å². The average Bonchev–Trinajstić information content (AvgIpc) is 2.75. The number of aryl methyl sites for hydroxylation is 1. The summed E-state index contributed by atoms with van der Waals surface area (Å²) in [6.07, 6.45) is 2.74. The van der Waals surface area contributed by atoms with Gasteiger partial charge in [-0.15, -0.1) is 12.4 Å². The smallest absolute Gasteiger partial charge is 0.240 e. The second-order valence-corrected chi connectivity index (χ2v) is 5.01. The van der Waals surface area contributed by atoms with Crippen LogP contribution in [0.2, 0.25) is 0 Å². The molecule has 1 saturated heterocycles. The number of amides is 2. The number of rotatable bonds is 1. The third-order valence-electron chi connectivity index (χ3n) is 4.02. The first kappa shape index (κ1) is 13.9. The molecular formula is C14H17ClN2O2. The van der Waals surface area contributed by atoms with Crippen LogP contribution in [0.4, 0.5) is 0 Å². The molecule has 3 rings (SSSR count). The van der Waals surface area contributed by atoms with Gasteiger partial charge in [-0.1, -0.05) is 24.3 Å². The molecule has 0 saturated carbocycles. The zero-order valence-electron chi connectivity index (χ0n) is 10.5. The summed E-state index contributed by atoms with van der Waals surface area (Å²) < 4.78 is 0. The summed E-state index contributed by atoms with van der Waals surface area (Å²) in [4.78, 5) is 25.4. The molecule has 0 aliphatic carbocycles. The number of hydrogen-bond acceptors (Lipinski definition) is 2. The van der Waals surface area contributed by atoms with Gasteiger partial charge in [-0.25, -0.2) is 0 Å². The van der Waals surface area contributed by atoms with Gasteiger partial charge in [0.25, 0.3) is 0 Å². The number of primary amides is 1. The molecule has 1 fully saturated rings. The van der Waals surface area contributed by atoms with Crippen LogP contribution in [0, 0.1) is 0 Å². The van der Waals surface area contributed by atoms with Crippen molar-refractivity contribution >= 4 is 24.2 Å². The van der Waals surface area contributed by atoms with E-state index >= 15 is 0 Å². The summed E-state index contributed by atoms with van der Waals surface area (Å²) in [7, 11) is 0. The largest absolute Gasteiger partial charge is 0.368 e. The molecule has 0 aromatic heterocycles. The second-order valence-electron chi connectivity index (χ2n) is 5.01. The van der Waals surface area contributed by atoms with Gasteiger partial charge >= 0.3 is 0 Å². The quantitative estimate of drug-likeness (QED) is 0.849. The molecular weight excluding hydrogens is 264 g/mol. The molecule has 2 N–H and O–H groups in total. The average molecular weight is 281 g/mol. The van der Waals surface area contributed by atoms with E-state index in [0.29, 0.717) is 12.8 Å². The predicted octanol–water partition coefficient (Wildman–Crippen LogP) is 1.57. The van der Waals surface area contributed by atoms with Gasteiger partial charge in [0, 0.05) is 6.42 Å². The number of nitrogens with zero attached hydrogens (tertiary/aromatic N) is 1. The molecule has 0 radical (unpaired) electrons. The Balaban J connectivity index is 0.00000133. The number of halogens is 1. The fourth-order valence-electron chi connectivity index (χ4n) is 3.20. The normalized spacial score (nSPS) is 25.1. The summed E-state index contributed by atoms with van der Waals surface area (Å²) in [6.45, 7) is 0. The van der Waals surface area contributed by atoms with Crippen LogP contribution in [0.3, 0.4) is 0 Å². The molecule has 2 unspecified atom stereocenters. The van der Waals surface area contributed by atoms with Gasteiger partial charge in [-0.2, -0.15) is 0 Å². The third-order valence-corrected chi connectivity index (χ3v) is 4.02. The first-order valence-corrected chi connectivity index (χ1v) is 6.37. The van der Waals surface area contributed by atoms with Gasteiger partial charge < -0.3 is 10.6 Å². The van der Waals surface area contributed by atoms with Crippen LogP contribution >= 0.6 is 12.4 Å². The Morgan fingerprint density at radius 1 is 1.21 bits per heavy atom. The minimum atomic E-state index is -0.423. The van der Waals surface area contributed by atoms with Crippen molar-refractivity contribution in [1.82, 2.24) is 4.90 Å². The molecule has 1 aromatic rings. The molecule has 0 spiro atoms. The standard InChI is InChI=1S/C14H16N2O2.ClH/c15-14(18)12-7-6-11-10-4-2-1-3-9(10)5-8-13(17)16(11)12;/h1-4,11-12H,5-8H2,(H2,15,18);1H. The lowest BCUT2D eigenvalue weighted by Crippen LogP contribution is -2.44. The van der Waals surface area contributed by atoms with Crippen LogP contribution in [-0.4, -0.2) is 22.8 Å². The molecule has 5 heteroatoms. The summed E-state index contributed by atoms with van der Waals surface area (Å²) in [5.74, 6) is -0.331. The van der Waals surface area contributed by atoms with E-state index in [4.69, 9.17) is 5.73 Å². The third kappa shape index (κ3) is 2.21. The second kappa shape index (κ2) is 5.21. The number of carbonyl (C=O) groups excluding carboxylic acids is 2. The molecule has 2 aliphatic rings. The first-order chi connectivity index (χ1) is 8.68. The highest BCUT2D eigenvalue weighted by atomic mass is 35.5. The van der Waals surface area contributed by atoms with E-state index in [0.717, 1.165) is 12.8 Å². The monoisotopic (exact) mass is 280 g/mol. The van der Waals surface area contributed by atoms with Crippen molar-refractivity contribution in [3.63, 3.8) is 0 Å². The SMILES string of the molecule is Cl.NC(=O)C1CCC2c3ccccc3CCC(=O)N12. The van der Waals surface area contributed by atoms with Gasteiger partial charge in [0.2, 0.25) is 11.8 Å². The van der Waals surface area contributed by atoms with Crippen molar-refractivity contribution in [2.45, 2.75) is 37.8 Å². The molecule has 1 aromatic carbocycles. The zero-order valence-corrected chi connectivity index (χ0v) is 11.4. The van der Waals surface area contributed by atoms with E-state index < -0.39 is 6.04 Å². The Bertz CT molecular complexity index is 518. The van der Waals surface area contributed by atoms with E-state index in [1.54, 1.807) is 4.90 Å². The van der Waals surface area contributed by atoms with E-state index in [1.807, 2.05) is 12.1 Å². The Morgan fingerprint density at radius 2 is 1.95 bits per heavy atom. The van der Waals surface area contributed by atoms with Crippen LogP contribution < -0.4 is 5.73 Å². The van der Waals surface area contributed by atoms with E-state index in [9.17, 15) is 9.59 Å². The fourth-order valence-corrected chi connectivity index (χ4v) is 3.20. The maximum atomic E-state index is 12.2. The molecule has 2 amide bonds. The highest BCUT2D eigenvalue weighted by molar-refractivity contribution is 5.88. The number of fused-ring (bicyclic) bond motifs is 3. The van der Waals surface area contributed by atoms with Crippen LogP contribution in [0.25, 0.3) is 0 Å². The summed E-state index contributed by atoms with van der Waals surface area (Å²) in [5, 5.41) is 0. The van der Waals surface area contributed by atoms with Crippen molar-refractivity contribution in [1.29, 1.82) is 0 Å². The lowest BCUT2D eigenvalue weighted by Gasteiger charge is -2.27. The van der Waals surface area contributed by atoms with Crippen molar-refractivity contribution in [3.8, 4) is 0 Å². The van der Waals surface area contributed by atoms with Gasteiger partial charge in [-0.3, -0.25) is 9.59 Å². The summed E-state index contributed by atoms with van der Waals surface area (Å²) in [6, 6.07) is 7.74. The maximum absolute atomic E-state index is 12.2. The molecule has 2 aliphatic heterocycles. The molecule has 2 atom stereocenters. The van der Waals surface area contributed by atoms with Crippen molar-refractivity contribution in [2.24, 2.45) is 5.73 Å². The molecule has 19 heavy (non-hydrogen) atoms. The Labute approximate surface area is 118 Å². The molecule has 4 nitrogen and oxygen atoms in total. The molecule has 102 valence electrons. The highest BCUT2D eigenvalue weighted by Crippen LogP contribution is 2.40. The predicted molar refractivity (Wildman–Crippen MR) is 73.8 cm³/mol. The van der Waals surface area contributed by atoms with E-state index in [-0.39, 0.29) is 30.3 Å². The van der Waals surface area contributed by atoms with Crippen molar-refractivity contribution in [2.75, 3.05) is 0 Å². The fraction of sp³-hybridized carbons (Fsp3) is 0.429. The summed E-state index contributed by atoms with van der Waals surface area (Å²) in [5.41, 5.74) is 7.82. The number of nitrogens with two attached hydrogens (primary N) is 1. The van der Waals surface area contributed by atoms with Crippen LogP contribution in [0.1, 0.15) is 36.4 Å². The van der Waals surface area contributed by atoms with Gasteiger partial charge in [0.1, 0.15) is 6.04 Å². The van der Waals surface area contributed by atoms with Crippen LogP contribution in [0.5, 0.6) is 0 Å². The topological polar surface area (TPSA) is 63.4 Å². The zero-order chi connectivity index (χ0) is 12.7. The minimum absolute atomic E-state index is 0. The van der Waals surface area contributed by atoms with Crippen molar-refractivity contribution < 1.29 is 9.59 Å². The molecule has 2 heterocycles. The first-order valence-electron chi connectivity index (χ1n) is 6.37. The number of hydrogen-bond donors (Lipinski definition) is 1. The van der Waals surface area contributed by atoms with Crippen LogP contribution in [0.15, 0.2) is 24.3 Å². The maximum Gasteiger partial charge on any atom is 0.240 e. The summed E-state index contributed by atoms with van der Waals surface area (Å²) >= 11 is 0. The number of carbonyl (C=O) groups is 2. The highest BCUT2D eigenvalue weighted by Gasteiger charge is 2.42. The van der Waals surface area contributed by atoms with E-state index in [2.05, 4.69) is 12.1 Å². The Morgan fingerprint density at radius 3 is 2.68 bits per heavy atom. The van der Waals surface area contributed by atoms with Gasteiger partial charge in [0.15, 0.2) is 0 Å². The lowest BCUT2D eigenvalue weighted by atomic mass is 9.97. The Kier molecular flexibility index (Phi) is 3.80. The lowest BCUT2D eigenvalue weighted by molar-refractivity contribution is -0.139.